The smallest absolute Gasteiger partial charge is 0.139 e. The first-order valence-corrected chi connectivity index (χ1v) is 8.99. The summed E-state index contributed by atoms with van der Waals surface area (Å²) in [6.45, 7) is 9.34. The molecule has 0 aromatic carbocycles. The van der Waals surface area contributed by atoms with E-state index in [0.717, 1.165) is 37.5 Å². The maximum Gasteiger partial charge on any atom is 0.139 e. The molecule has 3 aromatic heterocycles. The van der Waals surface area contributed by atoms with Gasteiger partial charge in [-0.15, -0.1) is 0 Å². The predicted octanol–water partition coefficient (Wildman–Crippen LogP) is 3.15. The SMILES string of the molecule is CCN(CC)c1ncnc2c1CN(c1ccnc3[nH]ccc13)C(C)C2. The van der Waals surface area contributed by atoms with E-state index in [2.05, 4.69) is 62.6 Å². The highest BCUT2D eigenvalue weighted by atomic mass is 15.2. The third-order valence-electron chi connectivity index (χ3n) is 5.17. The summed E-state index contributed by atoms with van der Waals surface area (Å²) < 4.78 is 0. The lowest BCUT2D eigenvalue weighted by molar-refractivity contribution is 0.578. The lowest BCUT2D eigenvalue weighted by atomic mass is 9.98. The number of pyridine rings is 1. The van der Waals surface area contributed by atoms with Crippen molar-refractivity contribution in [1.82, 2.24) is 19.9 Å². The molecule has 25 heavy (non-hydrogen) atoms. The molecule has 3 aromatic rings. The van der Waals surface area contributed by atoms with E-state index in [4.69, 9.17) is 0 Å². The highest BCUT2D eigenvalue weighted by molar-refractivity contribution is 5.90. The summed E-state index contributed by atoms with van der Waals surface area (Å²) in [5.41, 5.74) is 4.59. The number of anilines is 2. The zero-order chi connectivity index (χ0) is 17.4. The van der Waals surface area contributed by atoms with Gasteiger partial charge in [0.1, 0.15) is 17.8 Å². The standard InChI is InChI=1S/C19H24N6/c1-4-24(5-2)19-15-11-25(13(3)10-16(15)22-12-23-19)17-7-9-21-18-14(17)6-8-20-18/h6-9,12-13H,4-5,10-11H2,1-3H3,(H,20,21). The number of nitrogens with zero attached hydrogens (tertiary/aromatic N) is 5. The number of fused-ring (bicyclic) bond motifs is 2. The fourth-order valence-corrected chi connectivity index (χ4v) is 3.81. The zero-order valence-electron chi connectivity index (χ0n) is 15.0. The number of hydrogen-bond acceptors (Lipinski definition) is 5. The maximum absolute atomic E-state index is 4.61. The largest absolute Gasteiger partial charge is 0.363 e. The molecule has 1 aliphatic rings. The first-order valence-electron chi connectivity index (χ1n) is 8.99. The average Bonchev–Trinajstić information content (AvgIpc) is 3.11. The molecule has 0 fully saturated rings. The fraction of sp³-hybridized carbons (Fsp3) is 0.421. The second-order valence-corrected chi connectivity index (χ2v) is 6.55. The molecule has 0 saturated carbocycles. The summed E-state index contributed by atoms with van der Waals surface area (Å²) in [6, 6.07) is 4.60. The third-order valence-corrected chi connectivity index (χ3v) is 5.17. The van der Waals surface area contributed by atoms with E-state index in [1.165, 1.54) is 22.3 Å². The van der Waals surface area contributed by atoms with E-state index in [1.807, 2.05) is 12.4 Å². The van der Waals surface area contributed by atoms with E-state index in [-0.39, 0.29) is 0 Å². The Hall–Kier alpha value is -2.63. The first kappa shape index (κ1) is 15.9. The Balaban J connectivity index is 1.79. The zero-order valence-corrected chi connectivity index (χ0v) is 15.0. The van der Waals surface area contributed by atoms with E-state index < -0.39 is 0 Å². The summed E-state index contributed by atoms with van der Waals surface area (Å²) in [5, 5.41) is 1.17. The van der Waals surface area contributed by atoms with E-state index in [1.54, 1.807) is 6.33 Å². The van der Waals surface area contributed by atoms with Crippen LogP contribution in [0.1, 0.15) is 32.0 Å². The van der Waals surface area contributed by atoms with Gasteiger partial charge in [-0.2, -0.15) is 0 Å². The van der Waals surface area contributed by atoms with Gasteiger partial charge in [0.05, 0.1) is 5.69 Å². The van der Waals surface area contributed by atoms with E-state index in [9.17, 15) is 0 Å². The van der Waals surface area contributed by atoms with Crippen LogP contribution in [-0.2, 0) is 13.0 Å². The van der Waals surface area contributed by atoms with Gasteiger partial charge in [-0.1, -0.05) is 0 Å². The Morgan fingerprint density at radius 2 is 2.04 bits per heavy atom. The molecule has 0 aliphatic carbocycles. The second-order valence-electron chi connectivity index (χ2n) is 6.55. The molecule has 0 saturated heterocycles. The molecule has 0 bridgehead atoms. The van der Waals surface area contributed by atoms with Crippen molar-refractivity contribution in [2.45, 2.75) is 39.8 Å². The molecule has 0 radical (unpaired) electrons. The number of H-pyrrole nitrogens is 1. The Morgan fingerprint density at radius 1 is 1.20 bits per heavy atom. The van der Waals surface area contributed by atoms with Crippen LogP contribution < -0.4 is 9.80 Å². The number of aromatic nitrogens is 4. The molecular weight excluding hydrogens is 312 g/mol. The van der Waals surface area contributed by atoms with Crippen LogP contribution >= 0.6 is 0 Å². The van der Waals surface area contributed by atoms with Crippen LogP contribution in [0.15, 0.2) is 30.9 Å². The van der Waals surface area contributed by atoms with Gasteiger partial charge in [-0.25, -0.2) is 15.0 Å². The highest BCUT2D eigenvalue weighted by Gasteiger charge is 2.28. The second kappa shape index (κ2) is 6.35. The summed E-state index contributed by atoms with van der Waals surface area (Å²) in [4.78, 5) is 21.6. The molecule has 1 unspecified atom stereocenters. The minimum atomic E-state index is 0.382. The van der Waals surface area contributed by atoms with Gasteiger partial charge in [0.2, 0.25) is 0 Å². The Labute approximate surface area is 147 Å². The normalized spacial score (nSPS) is 16.9. The van der Waals surface area contributed by atoms with Crippen molar-refractivity contribution >= 4 is 22.5 Å². The Bertz CT molecular complexity index is 883. The third kappa shape index (κ3) is 2.62. The van der Waals surface area contributed by atoms with Gasteiger partial charge < -0.3 is 14.8 Å². The lowest BCUT2D eigenvalue weighted by Gasteiger charge is -2.38. The van der Waals surface area contributed by atoms with Crippen molar-refractivity contribution in [2.24, 2.45) is 0 Å². The van der Waals surface area contributed by atoms with E-state index >= 15 is 0 Å². The molecule has 1 aliphatic heterocycles. The number of nitrogens with one attached hydrogen (secondary N) is 1. The molecule has 4 rings (SSSR count). The topological polar surface area (TPSA) is 60.9 Å². The molecule has 6 heteroatoms. The molecule has 0 spiro atoms. The minimum absolute atomic E-state index is 0.382. The lowest BCUT2D eigenvalue weighted by Crippen LogP contribution is -2.40. The van der Waals surface area contributed by atoms with Crippen molar-refractivity contribution in [1.29, 1.82) is 0 Å². The molecule has 1 N–H and O–H groups in total. The van der Waals surface area contributed by atoms with Crippen molar-refractivity contribution in [3.05, 3.63) is 42.1 Å². The average molecular weight is 336 g/mol. The number of hydrogen-bond donors (Lipinski definition) is 1. The van der Waals surface area contributed by atoms with Crippen LogP contribution in [0.4, 0.5) is 11.5 Å². The predicted molar refractivity (Wildman–Crippen MR) is 101 cm³/mol. The summed E-state index contributed by atoms with van der Waals surface area (Å²) >= 11 is 0. The van der Waals surface area contributed by atoms with Gasteiger partial charge in [-0.05, 0) is 32.9 Å². The highest BCUT2D eigenvalue weighted by Crippen LogP contribution is 2.34. The molecule has 6 nitrogen and oxygen atoms in total. The minimum Gasteiger partial charge on any atom is -0.363 e. The maximum atomic E-state index is 4.61. The van der Waals surface area contributed by atoms with Gasteiger partial charge in [0.15, 0.2) is 0 Å². The molecule has 4 heterocycles. The van der Waals surface area contributed by atoms with Crippen LogP contribution in [0.25, 0.3) is 11.0 Å². The summed E-state index contributed by atoms with van der Waals surface area (Å²) in [5.74, 6) is 1.08. The molecule has 0 amide bonds. The van der Waals surface area contributed by atoms with Crippen LogP contribution in [0.5, 0.6) is 0 Å². The van der Waals surface area contributed by atoms with Crippen LogP contribution in [-0.4, -0.2) is 39.1 Å². The van der Waals surface area contributed by atoms with Gasteiger partial charge in [0, 0.05) is 61.1 Å². The van der Waals surface area contributed by atoms with Crippen molar-refractivity contribution in [3.8, 4) is 0 Å². The monoisotopic (exact) mass is 336 g/mol. The van der Waals surface area contributed by atoms with Crippen molar-refractivity contribution in [2.75, 3.05) is 22.9 Å². The van der Waals surface area contributed by atoms with Gasteiger partial charge >= 0.3 is 0 Å². The molecule has 130 valence electrons. The fourth-order valence-electron chi connectivity index (χ4n) is 3.81. The molecule has 1 atom stereocenters. The van der Waals surface area contributed by atoms with Crippen LogP contribution in [0.2, 0.25) is 0 Å². The number of aromatic amines is 1. The van der Waals surface area contributed by atoms with Gasteiger partial charge in [0.25, 0.3) is 0 Å². The number of rotatable bonds is 4. The summed E-state index contributed by atoms with van der Waals surface area (Å²) in [7, 11) is 0. The van der Waals surface area contributed by atoms with Gasteiger partial charge in [-0.3, -0.25) is 0 Å². The Kier molecular flexibility index (Phi) is 4.03. The molecular formula is C19H24N6. The van der Waals surface area contributed by atoms with Crippen LogP contribution in [0, 0.1) is 0 Å². The first-order chi connectivity index (χ1) is 12.2. The quantitative estimate of drug-likeness (QED) is 0.793. The summed E-state index contributed by atoms with van der Waals surface area (Å²) in [6.07, 6.45) is 6.48. The van der Waals surface area contributed by atoms with Crippen molar-refractivity contribution in [3.63, 3.8) is 0 Å². The Morgan fingerprint density at radius 3 is 2.84 bits per heavy atom. The van der Waals surface area contributed by atoms with E-state index in [0.29, 0.717) is 6.04 Å². The van der Waals surface area contributed by atoms with Crippen molar-refractivity contribution < 1.29 is 0 Å². The van der Waals surface area contributed by atoms with Crippen LogP contribution in [0.3, 0.4) is 0 Å².